The van der Waals surface area contributed by atoms with E-state index in [9.17, 15) is 26.4 Å². The number of alkyl halides is 3. The second kappa shape index (κ2) is 8.47. The van der Waals surface area contributed by atoms with E-state index in [-0.39, 0.29) is 18.7 Å². The van der Waals surface area contributed by atoms with Gasteiger partial charge in [-0.05, 0) is 54.8 Å². The highest BCUT2D eigenvalue weighted by Crippen LogP contribution is 2.30. The third-order valence-electron chi connectivity index (χ3n) is 5.42. The number of amides is 1. The van der Waals surface area contributed by atoms with E-state index in [0.717, 1.165) is 22.7 Å². The Balaban J connectivity index is 1.83. The molecule has 1 aromatic heterocycles. The van der Waals surface area contributed by atoms with Crippen molar-refractivity contribution in [3.63, 3.8) is 0 Å². The first-order valence-corrected chi connectivity index (χ1v) is 11.3. The van der Waals surface area contributed by atoms with Gasteiger partial charge in [-0.15, -0.1) is 13.2 Å². The van der Waals surface area contributed by atoms with Crippen molar-refractivity contribution in [3.05, 3.63) is 54.7 Å². The maximum atomic E-state index is 12.3. The van der Waals surface area contributed by atoms with Gasteiger partial charge in [0, 0.05) is 29.9 Å². The van der Waals surface area contributed by atoms with Crippen LogP contribution in [0, 0.1) is 0 Å². The lowest BCUT2D eigenvalue weighted by atomic mass is 10.0. The van der Waals surface area contributed by atoms with Crippen LogP contribution in [0.15, 0.2) is 54.7 Å². The molecule has 1 atom stereocenters. The van der Waals surface area contributed by atoms with Crippen molar-refractivity contribution in [1.82, 2.24) is 10.0 Å². The zero-order valence-corrected chi connectivity index (χ0v) is 18.0. The Labute approximate surface area is 182 Å². The molecule has 0 fully saturated rings. The van der Waals surface area contributed by atoms with Crippen LogP contribution >= 0.6 is 0 Å². The second-order valence-corrected chi connectivity index (χ2v) is 9.99. The number of rotatable bonds is 7. The van der Waals surface area contributed by atoms with Gasteiger partial charge >= 0.3 is 6.36 Å². The normalized spacial score (nSPS) is 14.2. The quantitative estimate of drug-likeness (QED) is 0.403. The molecule has 2 aromatic carbocycles. The van der Waals surface area contributed by atoms with Gasteiger partial charge in [-0.2, -0.15) is 0 Å². The van der Waals surface area contributed by atoms with E-state index >= 15 is 0 Å². The molecule has 0 spiro atoms. The number of benzene rings is 2. The lowest BCUT2D eigenvalue weighted by Gasteiger charge is -2.25. The Bertz CT molecular complexity index is 1240. The summed E-state index contributed by atoms with van der Waals surface area (Å²) in [6, 6.07) is 12.7. The molecule has 0 saturated heterocycles. The molecule has 1 amide bonds. The zero-order chi connectivity index (χ0) is 23.7. The predicted octanol–water partition coefficient (Wildman–Crippen LogP) is 3.91. The van der Waals surface area contributed by atoms with E-state index in [2.05, 4.69) is 4.74 Å². The number of ether oxygens (including phenoxy) is 1. The first kappa shape index (κ1) is 23.6. The number of nitrogens with zero attached hydrogens (tertiary/aromatic N) is 1. The minimum absolute atomic E-state index is 0.0651. The van der Waals surface area contributed by atoms with Crippen LogP contribution in [0.1, 0.15) is 13.3 Å². The Kier molecular flexibility index (Phi) is 6.25. The summed E-state index contributed by atoms with van der Waals surface area (Å²) in [5.74, 6) is -1.31. The first-order chi connectivity index (χ1) is 14.8. The van der Waals surface area contributed by atoms with Gasteiger partial charge in [0.25, 0.3) is 5.91 Å². The Morgan fingerprint density at radius 2 is 1.72 bits per heavy atom. The van der Waals surface area contributed by atoms with E-state index in [0.29, 0.717) is 5.56 Å². The monoisotopic (exact) mass is 470 g/mol. The maximum Gasteiger partial charge on any atom is 0.573 e. The number of nitrogens with one attached hydrogen (secondary N) is 1. The van der Waals surface area contributed by atoms with Crippen LogP contribution in [-0.2, 0) is 21.2 Å². The average Bonchev–Trinajstić information content (AvgIpc) is 3.12. The number of carbonyl (C=O) groups is 1. The Morgan fingerprint density at radius 3 is 2.28 bits per heavy atom. The van der Waals surface area contributed by atoms with Gasteiger partial charge in [-0.3, -0.25) is 10.0 Å². The van der Waals surface area contributed by atoms with Crippen molar-refractivity contribution in [2.24, 2.45) is 0 Å². The number of sulfone groups is 1. The number of carbonyl (C=O) groups excluding carboxylic acids is 1. The summed E-state index contributed by atoms with van der Waals surface area (Å²) in [6.45, 7) is 1.45. The summed E-state index contributed by atoms with van der Waals surface area (Å²) in [4.78, 5) is 12.0. The number of hydroxylamine groups is 1. The molecule has 3 aromatic rings. The van der Waals surface area contributed by atoms with Crippen molar-refractivity contribution in [3.8, 4) is 16.9 Å². The van der Waals surface area contributed by atoms with E-state index in [1.807, 2.05) is 12.1 Å². The van der Waals surface area contributed by atoms with Crippen molar-refractivity contribution in [2.75, 3.05) is 6.26 Å². The average molecular weight is 470 g/mol. The van der Waals surface area contributed by atoms with Crippen LogP contribution < -0.4 is 10.2 Å². The van der Waals surface area contributed by atoms with Crippen LogP contribution in [-0.4, -0.2) is 41.5 Å². The Hall–Kier alpha value is -3.05. The molecule has 0 bridgehead atoms. The third-order valence-corrected chi connectivity index (χ3v) is 7.45. The summed E-state index contributed by atoms with van der Waals surface area (Å²) in [7, 11) is -3.81. The van der Waals surface area contributed by atoms with Gasteiger partial charge < -0.3 is 9.30 Å². The van der Waals surface area contributed by atoms with Crippen LogP contribution in [0.5, 0.6) is 5.75 Å². The molecule has 172 valence electrons. The molecule has 0 saturated carbocycles. The molecule has 2 N–H and O–H groups in total. The highest BCUT2D eigenvalue weighted by atomic mass is 32.2. The standard InChI is InChI=1S/C21H21F3N2O5S/c1-20(19(27)25-28,32(2,29)30)10-12-26-11-9-16-13-15(5-8-18(16)26)14-3-6-17(7-4-14)31-21(22,23)24/h3-9,11,13,28H,10,12H2,1-2H3,(H,25,27). The predicted molar refractivity (Wildman–Crippen MR) is 112 cm³/mol. The number of hydrogen-bond donors (Lipinski definition) is 2. The fourth-order valence-electron chi connectivity index (χ4n) is 3.34. The SMILES string of the molecule is CC(CCn1ccc2cc(-c3ccc(OC(F)(F)F)cc3)ccc21)(C(=O)NO)S(C)(=O)=O. The lowest BCUT2D eigenvalue weighted by molar-refractivity contribution is -0.274. The molecule has 0 radical (unpaired) electrons. The second-order valence-electron chi connectivity index (χ2n) is 7.55. The molecule has 1 heterocycles. The Morgan fingerprint density at radius 1 is 1.09 bits per heavy atom. The highest BCUT2D eigenvalue weighted by Gasteiger charge is 2.43. The molecule has 11 heteroatoms. The zero-order valence-electron chi connectivity index (χ0n) is 17.2. The number of halogens is 3. The lowest BCUT2D eigenvalue weighted by Crippen LogP contribution is -2.49. The van der Waals surface area contributed by atoms with Gasteiger partial charge in [0.2, 0.25) is 0 Å². The molecule has 7 nitrogen and oxygen atoms in total. The number of aromatic nitrogens is 1. The molecular weight excluding hydrogens is 449 g/mol. The minimum atomic E-state index is -4.76. The summed E-state index contributed by atoms with van der Waals surface area (Å²) in [5, 5.41) is 9.76. The number of hydrogen-bond acceptors (Lipinski definition) is 5. The number of fused-ring (bicyclic) bond motifs is 1. The molecule has 0 aliphatic heterocycles. The van der Waals surface area contributed by atoms with Gasteiger partial charge in [0.1, 0.15) is 5.75 Å². The minimum Gasteiger partial charge on any atom is -0.406 e. The van der Waals surface area contributed by atoms with Crippen LogP contribution in [0.3, 0.4) is 0 Å². The third kappa shape index (κ3) is 4.89. The largest absolute Gasteiger partial charge is 0.573 e. The van der Waals surface area contributed by atoms with Crippen LogP contribution in [0.25, 0.3) is 22.0 Å². The van der Waals surface area contributed by atoms with Crippen LogP contribution in [0.4, 0.5) is 13.2 Å². The van der Waals surface area contributed by atoms with Crippen molar-refractivity contribution < 1.29 is 36.3 Å². The summed E-state index contributed by atoms with van der Waals surface area (Å²) in [6.07, 6.45) is -2.14. The summed E-state index contributed by atoms with van der Waals surface area (Å²) in [5.41, 5.74) is 3.67. The summed E-state index contributed by atoms with van der Waals surface area (Å²) >= 11 is 0. The molecule has 1 unspecified atom stereocenters. The molecule has 0 aliphatic carbocycles. The van der Waals surface area contributed by atoms with Gasteiger partial charge in [0.05, 0.1) is 0 Å². The van der Waals surface area contributed by atoms with Crippen molar-refractivity contribution in [1.29, 1.82) is 0 Å². The molecular formula is C21H21F3N2O5S. The smallest absolute Gasteiger partial charge is 0.406 e. The number of aryl methyl sites for hydroxylation is 1. The van der Waals surface area contributed by atoms with Gasteiger partial charge in [-0.25, -0.2) is 13.9 Å². The molecule has 3 rings (SSSR count). The fourth-order valence-corrected chi connectivity index (χ4v) is 4.19. The van der Waals surface area contributed by atoms with Gasteiger partial charge in [0.15, 0.2) is 14.6 Å². The van der Waals surface area contributed by atoms with E-state index in [1.54, 1.807) is 22.9 Å². The summed E-state index contributed by atoms with van der Waals surface area (Å²) < 4.78 is 65.1. The molecule has 32 heavy (non-hydrogen) atoms. The van der Waals surface area contributed by atoms with Crippen LogP contribution in [0.2, 0.25) is 0 Å². The van der Waals surface area contributed by atoms with Gasteiger partial charge in [-0.1, -0.05) is 18.2 Å². The first-order valence-electron chi connectivity index (χ1n) is 9.43. The topological polar surface area (TPSA) is 97.6 Å². The van der Waals surface area contributed by atoms with E-state index in [4.69, 9.17) is 5.21 Å². The van der Waals surface area contributed by atoms with E-state index < -0.39 is 26.9 Å². The highest BCUT2D eigenvalue weighted by molar-refractivity contribution is 7.92. The maximum absolute atomic E-state index is 12.3. The van der Waals surface area contributed by atoms with E-state index in [1.165, 1.54) is 36.7 Å². The fraction of sp³-hybridized carbons (Fsp3) is 0.286. The molecule has 0 aliphatic rings. The van der Waals surface area contributed by atoms with Crippen molar-refractivity contribution >= 4 is 26.6 Å². The van der Waals surface area contributed by atoms with Crippen molar-refractivity contribution in [2.45, 2.75) is 31.0 Å².